The van der Waals surface area contributed by atoms with Gasteiger partial charge in [0.05, 0.1) is 22.0 Å². The summed E-state index contributed by atoms with van der Waals surface area (Å²) in [5.74, 6) is -0.555. The minimum Gasteiger partial charge on any atom is -0.481 e. The molecule has 2 aliphatic rings. The van der Waals surface area contributed by atoms with Gasteiger partial charge in [0.25, 0.3) is 0 Å². The van der Waals surface area contributed by atoms with Gasteiger partial charge in [-0.15, -0.1) is 0 Å². The fourth-order valence-electron chi connectivity index (χ4n) is 3.87. The summed E-state index contributed by atoms with van der Waals surface area (Å²) in [5.41, 5.74) is 0.133. The molecule has 2 heterocycles. The molecule has 132 valence electrons. The van der Waals surface area contributed by atoms with E-state index in [4.69, 9.17) is 0 Å². The lowest BCUT2D eigenvalue weighted by atomic mass is 9.81. The Labute approximate surface area is 142 Å². The highest BCUT2D eigenvalue weighted by Crippen LogP contribution is 2.49. The molecule has 3 rings (SSSR count). The van der Waals surface area contributed by atoms with Crippen LogP contribution in [0.5, 0.6) is 0 Å². The molecule has 0 amide bonds. The summed E-state index contributed by atoms with van der Waals surface area (Å²) in [7, 11) is -3.48. The number of aliphatic carboxylic acids is 1. The number of rotatable bonds is 3. The van der Waals surface area contributed by atoms with Crippen LogP contribution in [0.4, 0.5) is 5.69 Å². The van der Waals surface area contributed by atoms with Gasteiger partial charge in [0, 0.05) is 13.1 Å². The van der Waals surface area contributed by atoms with Crippen LogP contribution in [0.15, 0.2) is 23.4 Å². The van der Waals surface area contributed by atoms with Crippen molar-refractivity contribution >= 4 is 21.5 Å². The summed E-state index contributed by atoms with van der Waals surface area (Å²) in [6, 6.07) is 3.26. The van der Waals surface area contributed by atoms with Crippen molar-refractivity contribution in [3.63, 3.8) is 0 Å². The Morgan fingerprint density at radius 3 is 2.58 bits per heavy atom. The van der Waals surface area contributed by atoms with Gasteiger partial charge >= 0.3 is 5.97 Å². The Bertz CT molecular complexity index is 752. The maximum atomic E-state index is 12.4. The van der Waals surface area contributed by atoms with Gasteiger partial charge in [-0.05, 0) is 51.7 Å². The predicted octanol–water partition coefficient (Wildman–Crippen LogP) is 2.34. The molecule has 0 radical (unpaired) electrons. The molecule has 1 aliphatic heterocycles. The molecule has 1 saturated carbocycles. The molecule has 0 unspecified atom stereocenters. The fraction of sp³-hybridized carbons (Fsp3) is 0.647. The number of hydrogen-bond donors (Lipinski definition) is 1. The summed E-state index contributed by atoms with van der Waals surface area (Å²) in [6.07, 6.45) is 4.17. The Morgan fingerprint density at radius 2 is 2.08 bits per heavy atom. The van der Waals surface area contributed by atoms with Crippen LogP contribution in [0.2, 0.25) is 0 Å². The lowest BCUT2D eigenvalue weighted by Crippen LogP contribution is -2.35. The summed E-state index contributed by atoms with van der Waals surface area (Å²) < 4.78 is 24.0. The molecule has 0 aromatic carbocycles. The molecule has 1 aliphatic carbocycles. The maximum Gasteiger partial charge on any atom is 0.311 e. The Balaban J connectivity index is 1.85. The van der Waals surface area contributed by atoms with Crippen molar-refractivity contribution in [3.8, 4) is 0 Å². The summed E-state index contributed by atoms with van der Waals surface area (Å²) >= 11 is 0. The van der Waals surface area contributed by atoms with Gasteiger partial charge in [-0.25, -0.2) is 13.4 Å². The van der Waals surface area contributed by atoms with E-state index in [-0.39, 0.29) is 10.9 Å². The summed E-state index contributed by atoms with van der Waals surface area (Å²) in [6.45, 7) is 6.11. The maximum absolute atomic E-state index is 12.4. The summed E-state index contributed by atoms with van der Waals surface area (Å²) in [5, 5.41) is 9.72. The quantitative estimate of drug-likeness (QED) is 0.898. The first-order valence-electron chi connectivity index (χ1n) is 8.27. The van der Waals surface area contributed by atoms with Crippen LogP contribution in [0, 0.1) is 11.3 Å². The molecule has 0 bridgehead atoms. The Morgan fingerprint density at radius 1 is 1.38 bits per heavy atom. The summed E-state index contributed by atoms with van der Waals surface area (Å²) in [4.78, 5) is 17.9. The average molecular weight is 352 g/mol. The third-order valence-corrected chi connectivity index (χ3v) is 7.87. The van der Waals surface area contributed by atoms with E-state index in [2.05, 4.69) is 4.98 Å². The van der Waals surface area contributed by atoms with Crippen LogP contribution in [0.25, 0.3) is 0 Å². The number of pyridine rings is 1. The number of nitrogens with zero attached hydrogens (tertiary/aromatic N) is 2. The highest BCUT2D eigenvalue weighted by molar-refractivity contribution is 7.92. The van der Waals surface area contributed by atoms with Gasteiger partial charge < -0.3 is 10.0 Å². The van der Waals surface area contributed by atoms with E-state index in [1.54, 1.807) is 33.0 Å². The molecule has 7 heteroatoms. The van der Waals surface area contributed by atoms with Gasteiger partial charge in [-0.2, -0.15) is 0 Å². The number of carboxylic acids is 1. The van der Waals surface area contributed by atoms with Crippen LogP contribution >= 0.6 is 0 Å². The van der Waals surface area contributed by atoms with Crippen molar-refractivity contribution in [3.05, 3.63) is 18.3 Å². The standard InChI is InChI=1S/C17H24N2O4S/c1-16(2,3)24(22,23)14-7-6-13(9-18-14)19-10-12-5-4-8-17(12,11-19)15(20)21/h6-7,9,12H,4-5,8,10-11H2,1-3H3,(H,20,21)/t12-,17+/m0/s1. The molecular formula is C17H24N2O4S. The first-order chi connectivity index (χ1) is 11.1. The van der Waals surface area contributed by atoms with E-state index in [0.29, 0.717) is 19.5 Å². The second kappa shape index (κ2) is 5.44. The molecule has 2 atom stereocenters. The monoisotopic (exact) mass is 352 g/mol. The van der Waals surface area contributed by atoms with Crippen molar-refractivity contribution in [1.82, 2.24) is 4.98 Å². The highest BCUT2D eigenvalue weighted by atomic mass is 32.2. The normalized spacial score (nSPS) is 27.3. The lowest BCUT2D eigenvalue weighted by Gasteiger charge is -2.24. The number of sulfone groups is 1. The Hall–Kier alpha value is -1.63. The van der Waals surface area contributed by atoms with Crippen molar-refractivity contribution in [2.24, 2.45) is 11.3 Å². The van der Waals surface area contributed by atoms with Gasteiger partial charge in [-0.1, -0.05) is 6.42 Å². The van der Waals surface area contributed by atoms with Crippen LogP contribution in [-0.4, -0.2) is 42.3 Å². The number of carbonyl (C=O) groups is 1. The topological polar surface area (TPSA) is 87.6 Å². The second-order valence-electron chi connectivity index (χ2n) is 7.90. The van der Waals surface area contributed by atoms with E-state index >= 15 is 0 Å². The Kier molecular flexibility index (Phi) is 3.90. The van der Waals surface area contributed by atoms with Crippen LogP contribution in [0.3, 0.4) is 0 Å². The molecule has 1 saturated heterocycles. The number of fused-ring (bicyclic) bond motifs is 1. The van der Waals surface area contributed by atoms with Crippen molar-refractivity contribution in [2.45, 2.75) is 49.8 Å². The molecule has 6 nitrogen and oxygen atoms in total. The smallest absolute Gasteiger partial charge is 0.311 e. The predicted molar refractivity (Wildman–Crippen MR) is 90.8 cm³/mol. The molecule has 1 aromatic rings. The zero-order chi connectivity index (χ0) is 17.8. The lowest BCUT2D eigenvalue weighted by molar-refractivity contribution is -0.149. The minimum atomic E-state index is -3.48. The van der Waals surface area contributed by atoms with Gasteiger partial charge in [-0.3, -0.25) is 4.79 Å². The molecule has 1 N–H and O–H groups in total. The fourth-order valence-corrected chi connectivity index (χ4v) is 4.93. The molecule has 1 aromatic heterocycles. The van der Waals surface area contributed by atoms with Crippen LogP contribution in [0.1, 0.15) is 40.0 Å². The first kappa shape index (κ1) is 17.2. The number of hydrogen-bond acceptors (Lipinski definition) is 5. The van der Waals surface area contributed by atoms with E-state index in [1.165, 1.54) is 6.07 Å². The molecule has 2 fully saturated rings. The van der Waals surface area contributed by atoms with Crippen molar-refractivity contribution in [1.29, 1.82) is 0 Å². The van der Waals surface area contributed by atoms with E-state index in [0.717, 1.165) is 18.5 Å². The number of anilines is 1. The zero-order valence-corrected chi connectivity index (χ0v) is 15.1. The van der Waals surface area contributed by atoms with E-state index in [1.807, 2.05) is 4.90 Å². The number of aromatic nitrogens is 1. The largest absolute Gasteiger partial charge is 0.481 e. The van der Waals surface area contributed by atoms with E-state index < -0.39 is 26.0 Å². The first-order valence-corrected chi connectivity index (χ1v) is 9.75. The van der Waals surface area contributed by atoms with Gasteiger partial charge in [0.1, 0.15) is 0 Å². The van der Waals surface area contributed by atoms with Crippen LogP contribution in [-0.2, 0) is 14.6 Å². The van der Waals surface area contributed by atoms with Crippen molar-refractivity contribution in [2.75, 3.05) is 18.0 Å². The molecule has 0 spiro atoms. The molecular weight excluding hydrogens is 328 g/mol. The zero-order valence-electron chi connectivity index (χ0n) is 14.3. The van der Waals surface area contributed by atoms with E-state index in [9.17, 15) is 18.3 Å². The second-order valence-corrected chi connectivity index (χ2v) is 10.6. The average Bonchev–Trinajstić information content (AvgIpc) is 3.04. The number of carboxylic acid groups (broad SMARTS) is 1. The molecule has 24 heavy (non-hydrogen) atoms. The highest BCUT2D eigenvalue weighted by Gasteiger charge is 2.54. The van der Waals surface area contributed by atoms with Crippen molar-refractivity contribution < 1.29 is 18.3 Å². The van der Waals surface area contributed by atoms with Crippen LogP contribution < -0.4 is 4.90 Å². The third-order valence-electron chi connectivity index (χ3n) is 5.46. The SMILES string of the molecule is CC(C)(C)S(=O)(=O)c1ccc(N2C[C@@H]3CCC[C@@]3(C(=O)O)C2)cn1. The minimum absolute atomic E-state index is 0.0612. The van der Waals surface area contributed by atoms with Gasteiger partial charge in [0.2, 0.25) is 0 Å². The third kappa shape index (κ3) is 2.49. The van der Waals surface area contributed by atoms with Gasteiger partial charge in [0.15, 0.2) is 14.9 Å².